The Bertz CT molecular complexity index is 1150. The fourth-order valence-corrected chi connectivity index (χ4v) is 3.98. The van der Waals surface area contributed by atoms with Crippen molar-refractivity contribution in [3.63, 3.8) is 0 Å². The zero-order valence-electron chi connectivity index (χ0n) is 18.8. The van der Waals surface area contributed by atoms with Gasteiger partial charge in [0.05, 0.1) is 26.9 Å². The Morgan fingerprint density at radius 1 is 0.727 bits per heavy atom. The predicted octanol–water partition coefficient (Wildman–Crippen LogP) is 2.86. The second kappa shape index (κ2) is 10.1. The molecule has 3 aromatic carbocycles. The van der Waals surface area contributed by atoms with Crippen LogP contribution in [0.2, 0.25) is 0 Å². The van der Waals surface area contributed by atoms with Crippen LogP contribution in [0.4, 0.5) is 0 Å². The SMILES string of the molecule is COC(=O)C(C(=O)OC)[C@H](C)[C@H](NC(=O)c1c2ccccc2cc2ccccc12)C(=O)OC. The van der Waals surface area contributed by atoms with Crippen LogP contribution in [0.3, 0.4) is 0 Å². The first kappa shape index (κ1) is 23.7. The van der Waals surface area contributed by atoms with Crippen LogP contribution in [-0.2, 0) is 28.6 Å². The highest BCUT2D eigenvalue weighted by Crippen LogP contribution is 2.29. The van der Waals surface area contributed by atoms with E-state index in [2.05, 4.69) is 5.32 Å². The molecule has 0 aliphatic rings. The van der Waals surface area contributed by atoms with Crippen LogP contribution in [0, 0.1) is 11.8 Å². The van der Waals surface area contributed by atoms with Crippen LogP contribution in [0.15, 0.2) is 54.6 Å². The van der Waals surface area contributed by atoms with Gasteiger partial charge in [-0.2, -0.15) is 0 Å². The smallest absolute Gasteiger partial charge is 0.328 e. The Hall–Kier alpha value is -3.94. The van der Waals surface area contributed by atoms with E-state index < -0.39 is 41.7 Å². The van der Waals surface area contributed by atoms with Crippen molar-refractivity contribution in [3.8, 4) is 0 Å². The molecule has 0 saturated carbocycles. The number of esters is 3. The van der Waals surface area contributed by atoms with Crippen molar-refractivity contribution in [2.75, 3.05) is 21.3 Å². The molecule has 0 aliphatic carbocycles. The fraction of sp³-hybridized carbons (Fsp3) is 0.280. The summed E-state index contributed by atoms with van der Waals surface area (Å²) in [6, 6.07) is 15.5. The number of fused-ring (bicyclic) bond motifs is 2. The Morgan fingerprint density at radius 2 is 1.18 bits per heavy atom. The van der Waals surface area contributed by atoms with Gasteiger partial charge in [-0.05, 0) is 27.6 Å². The molecule has 2 atom stereocenters. The maximum atomic E-state index is 13.6. The number of carbonyl (C=O) groups is 4. The molecule has 0 fully saturated rings. The lowest BCUT2D eigenvalue weighted by Gasteiger charge is -2.27. The number of rotatable bonds is 7. The molecule has 0 spiro atoms. The van der Waals surface area contributed by atoms with Gasteiger partial charge in [-0.1, -0.05) is 55.5 Å². The van der Waals surface area contributed by atoms with Crippen LogP contribution in [0.5, 0.6) is 0 Å². The molecule has 1 N–H and O–H groups in total. The molecule has 3 rings (SSSR count). The van der Waals surface area contributed by atoms with Gasteiger partial charge in [-0.3, -0.25) is 14.4 Å². The van der Waals surface area contributed by atoms with Crippen molar-refractivity contribution in [1.29, 1.82) is 0 Å². The zero-order chi connectivity index (χ0) is 24.1. The highest BCUT2D eigenvalue weighted by atomic mass is 16.5. The highest BCUT2D eigenvalue weighted by molar-refractivity contribution is 6.18. The van der Waals surface area contributed by atoms with Crippen molar-refractivity contribution in [2.45, 2.75) is 13.0 Å². The lowest BCUT2D eigenvalue weighted by atomic mass is 9.86. The van der Waals surface area contributed by atoms with Gasteiger partial charge in [-0.15, -0.1) is 0 Å². The molecule has 0 bridgehead atoms. The monoisotopic (exact) mass is 451 g/mol. The number of hydrogen-bond acceptors (Lipinski definition) is 7. The summed E-state index contributed by atoms with van der Waals surface area (Å²) in [7, 11) is 3.41. The van der Waals surface area contributed by atoms with Gasteiger partial charge in [-0.25, -0.2) is 4.79 Å². The van der Waals surface area contributed by atoms with E-state index in [9.17, 15) is 19.2 Å². The quantitative estimate of drug-likeness (QED) is 0.255. The fourth-order valence-electron chi connectivity index (χ4n) is 3.98. The molecule has 172 valence electrons. The molecule has 33 heavy (non-hydrogen) atoms. The minimum absolute atomic E-state index is 0.373. The van der Waals surface area contributed by atoms with Crippen molar-refractivity contribution >= 4 is 45.4 Å². The Balaban J connectivity index is 2.09. The lowest BCUT2D eigenvalue weighted by molar-refractivity contribution is -0.162. The van der Waals surface area contributed by atoms with E-state index in [4.69, 9.17) is 14.2 Å². The Kier molecular flexibility index (Phi) is 7.27. The number of carbonyl (C=O) groups excluding carboxylic acids is 4. The summed E-state index contributed by atoms with van der Waals surface area (Å²) in [6.07, 6.45) is 0. The largest absolute Gasteiger partial charge is 0.468 e. The van der Waals surface area contributed by atoms with Crippen molar-refractivity contribution < 1.29 is 33.4 Å². The summed E-state index contributed by atoms with van der Waals surface area (Å²) in [5.41, 5.74) is 0.373. The summed E-state index contributed by atoms with van der Waals surface area (Å²) in [5, 5.41) is 5.78. The molecular formula is C25H25NO7. The first-order valence-electron chi connectivity index (χ1n) is 10.3. The van der Waals surface area contributed by atoms with Crippen molar-refractivity contribution in [2.24, 2.45) is 11.8 Å². The maximum Gasteiger partial charge on any atom is 0.328 e. The Labute approximate surface area is 190 Å². The molecule has 0 heterocycles. The van der Waals surface area contributed by atoms with Gasteiger partial charge in [0.1, 0.15) is 6.04 Å². The number of amides is 1. The third-order valence-corrected chi connectivity index (χ3v) is 5.70. The first-order chi connectivity index (χ1) is 15.8. The van der Waals surface area contributed by atoms with Crippen molar-refractivity contribution in [1.82, 2.24) is 5.32 Å². The third-order valence-electron chi connectivity index (χ3n) is 5.70. The van der Waals surface area contributed by atoms with E-state index in [1.165, 1.54) is 6.92 Å². The normalized spacial score (nSPS) is 12.8. The molecule has 0 unspecified atom stereocenters. The molecule has 1 amide bonds. The van der Waals surface area contributed by atoms with E-state index in [-0.39, 0.29) is 0 Å². The van der Waals surface area contributed by atoms with Crippen LogP contribution in [0.25, 0.3) is 21.5 Å². The number of ether oxygens (including phenoxy) is 3. The predicted molar refractivity (Wildman–Crippen MR) is 121 cm³/mol. The number of nitrogens with one attached hydrogen (secondary N) is 1. The number of methoxy groups -OCH3 is 3. The lowest BCUT2D eigenvalue weighted by Crippen LogP contribution is -2.51. The van der Waals surface area contributed by atoms with E-state index >= 15 is 0 Å². The van der Waals surface area contributed by atoms with Gasteiger partial charge in [0, 0.05) is 5.92 Å². The number of hydrogen-bond donors (Lipinski definition) is 1. The van der Waals surface area contributed by atoms with Gasteiger partial charge >= 0.3 is 17.9 Å². The number of benzene rings is 3. The first-order valence-corrected chi connectivity index (χ1v) is 10.3. The van der Waals surface area contributed by atoms with Gasteiger partial charge in [0.2, 0.25) is 0 Å². The molecule has 0 aliphatic heterocycles. The summed E-state index contributed by atoms with van der Waals surface area (Å²) >= 11 is 0. The molecular weight excluding hydrogens is 426 g/mol. The van der Waals surface area contributed by atoms with Crippen LogP contribution >= 0.6 is 0 Å². The van der Waals surface area contributed by atoms with E-state index in [0.29, 0.717) is 16.3 Å². The van der Waals surface area contributed by atoms with Gasteiger partial charge in [0.15, 0.2) is 5.92 Å². The maximum absolute atomic E-state index is 13.6. The molecule has 0 radical (unpaired) electrons. The molecule has 0 saturated heterocycles. The average Bonchev–Trinajstić information content (AvgIpc) is 2.84. The second-order valence-corrected chi connectivity index (χ2v) is 7.55. The molecule has 0 aromatic heterocycles. The summed E-state index contributed by atoms with van der Waals surface area (Å²) in [6.45, 7) is 1.47. The van der Waals surface area contributed by atoms with Gasteiger partial charge in [0.25, 0.3) is 5.91 Å². The molecule has 8 heteroatoms. The molecule has 3 aromatic rings. The average molecular weight is 451 g/mol. The summed E-state index contributed by atoms with van der Waals surface area (Å²) in [4.78, 5) is 50.8. The highest BCUT2D eigenvalue weighted by Gasteiger charge is 2.42. The second-order valence-electron chi connectivity index (χ2n) is 7.55. The van der Waals surface area contributed by atoms with Crippen LogP contribution < -0.4 is 5.32 Å². The molecule has 8 nitrogen and oxygen atoms in total. The van der Waals surface area contributed by atoms with E-state index in [1.54, 1.807) is 0 Å². The topological polar surface area (TPSA) is 108 Å². The van der Waals surface area contributed by atoms with E-state index in [1.807, 2.05) is 54.6 Å². The summed E-state index contributed by atoms with van der Waals surface area (Å²) in [5.74, 6) is -5.56. The Morgan fingerprint density at radius 3 is 1.64 bits per heavy atom. The van der Waals surface area contributed by atoms with Gasteiger partial charge < -0.3 is 19.5 Å². The summed E-state index contributed by atoms with van der Waals surface area (Å²) < 4.78 is 14.3. The van der Waals surface area contributed by atoms with E-state index in [0.717, 1.165) is 32.1 Å². The van der Waals surface area contributed by atoms with Crippen LogP contribution in [-0.4, -0.2) is 51.2 Å². The van der Waals surface area contributed by atoms with Crippen LogP contribution in [0.1, 0.15) is 17.3 Å². The minimum Gasteiger partial charge on any atom is -0.468 e. The van der Waals surface area contributed by atoms with Crippen molar-refractivity contribution in [3.05, 3.63) is 60.2 Å². The zero-order valence-corrected chi connectivity index (χ0v) is 18.8. The minimum atomic E-state index is -1.44. The standard InChI is InChI=1S/C25H25NO7/c1-14(19(23(28)31-2)24(29)32-3)21(25(30)33-4)26-22(27)20-17-11-7-5-9-15(17)13-16-10-6-8-12-18(16)20/h5-14,19,21H,1-4H3,(H,26,27)/t14-,21-/m0/s1. The third kappa shape index (κ3) is 4.64.